The maximum Gasteiger partial charge on any atom is 0.273 e. The van der Waals surface area contributed by atoms with Crippen molar-refractivity contribution in [3.63, 3.8) is 0 Å². The molecular formula is C15H18N4O2. The van der Waals surface area contributed by atoms with Gasteiger partial charge in [0.25, 0.3) is 5.91 Å². The first kappa shape index (κ1) is 14.8. The summed E-state index contributed by atoms with van der Waals surface area (Å²) in [5.74, 6) is -0.222. The topological polar surface area (TPSA) is 79.5 Å². The summed E-state index contributed by atoms with van der Waals surface area (Å²) in [6.07, 6.45) is 0.781. The summed E-state index contributed by atoms with van der Waals surface area (Å²) in [5.41, 5.74) is 3.25. The highest BCUT2D eigenvalue weighted by Crippen LogP contribution is 2.13. The average molecular weight is 286 g/mol. The number of nitrogens with one attached hydrogen (secondary N) is 1. The van der Waals surface area contributed by atoms with Crippen LogP contribution in [0.4, 0.5) is 5.69 Å². The molecule has 1 heterocycles. The van der Waals surface area contributed by atoms with Gasteiger partial charge in [-0.1, -0.05) is 24.2 Å². The van der Waals surface area contributed by atoms with E-state index in [9.17, 15) is 4.79 Å². The number of hydrogen-bond donors (Lipinski definition) is 2. The van der Waals surface area contributed by atoms with Gasteiger partial charge < -0.3 is 10.5 Å². The molecule has 0 saturated carbocycles. The molecule has 2 N–H and O–H groups in total. The molecule has 0 radical (unpaired) electrons. The Morgan fingerprint density at radius 3 is 2.81 bits per heavy atom. The van der Waals surface area contributed by atoms with Gasteiger partial charge in [0, 0.05) is 18.3 Å². The van der Waals surface area contributed by atoms with Crippen molar-refractivity contribution in [2.24, 2.45) is 12.2 Å². The van der Waals surface area contributed by atoms with Crippen LogP contribution in [0, 0.1) is 0 Å². The lowest BCUT2D eigenvalue weighted by atomic mass is 10.1. The number of rotatable bonds is 4. The zero-order valence-corrected chi connectivity index (χ0v) is 12.3. The summed E-state index contributed by atoms with van der Waals surface area (Å²) in [7, 11) is 1.74. The van der Waals surface area contributed by atoms with Crippen molar-refractivity contribution < 1.29 is 10.0 Å². The molecule has 0 bridgehead atoms. The second-order valence-corrected chi connectivity index (χ2v) is 4.72. The fourth-order valence-corrected chi connectivity index (χ4v) is 1.99. The van der Waals surface area contributed by atoms with Gasteiger partial charge in [-0.25, -0.2) is 0 Å². The van der Waals surface area contributed by atoms with Crippen LogP contribution < -0.4 is 5.32 Å². The number of carbonyl (C=O) groups excluding carboxylic acids is 1. The second kappa shape index (κ2) is 6.21. The second-order valence-electron chi connectivity index (χ2n) is 4.72. The number of aryl methyl sites for hydroxylation is 2. The Labute approximate surface area is 123 Å². The van der Waals surface area contributed by atoms with Crippen molar-refractivity contribution in [3.8, 4) is 0 Å². The van der Waals surface area contributed by atoms with Gasteiger partial charge in [-0.15, -0.1) is 0 Å². The normalized spacial score (nSPS) is 11.5. The molecule has 2 aromatic rings. The van der Waals surface area contributed by atoms with Gasteiger partial charge in [0.15, 0.2) is 0 Å². The zero-order valence-electron chi connectivity index (χ0n) is 12.3. The number of anilines is 1. The Morgan fingerprint density at radius 1 is 1.43 bits per heavy atom. The van der Waals surface area contributed by atoms with Gasteiger partial charge in [0.2, 0.25) is 0 Å². The molecule has 6 heteroatoms. The van der Waals surface area contributed by atoms with Crippen molar-refractivity contribution in [2.45, 2.75) is 20.3 Å². The predicted molar refractivity (Wildman–Crippen MR) is 81.0 cm³/mol. The molecule has 1 aromatic carbocycles. The Bertz CT molecular complexity index is 689. The smallest absolute Gasteiger partial charge is 0.273 e. The lowest BCUT2D eigenvalue weighted by molar-refractivity contribution is 0.101. The Kier molecular flexibility index (Phi) is 4.37. The molecular weight excluding hydrogens is 268 g/mol. The third-order valence-electron chi connectivity index (χ3n) is 3.21. The number of benzene rings is 1. The molecule has 0 unspecified atom stereocenters. The van der Waals surface area contributed by atoms with Gasteiger partial charge in [0.05, 0.1) is 11.4 Å². The maximum atomic E-state index is 12.3. The summed E-state index contributed by atoms with van der Waals surface area (Å²) in [6.45, 7) is 3.68. The standard InChI is InChI=1S/C15H18N4O2/c1-4-12-9-14(19(3)17-12)15(20)16-13-7-5-6-11(8-13)10(2)18-21/h5-9,21H,4H2,1-3H3,(H,16,20). The third-order valence-corrected chi connectivity index (χ3v) is 3.21. The zero-order chi connectivity index (χ0) is 15.4. The van der Waals surface area contributed by atoms with Gasteiger partial charge in [0.1, 0.15) is 5.69 Å². The fraction of sp³-hybridized carbons (Fsp3) is 0.267. The van der Waals surface area contributed by atoms with E-state index in [1.165, 1.54) is 0 Å². The lowest BCUT2D eigenvalue weighted by Gasteiger charge is -2.07. The van der Waals surface area contributed by atoms with E-state index in [1.54, 1.807) is 42.9 Å². The molecule has 0 aliphatic heterocycles. The van der Waals surface area contributed by atoms with E-state index in [0.29, 0.717) is 17.1 Å². The minimum absolute atomic E-state index is 0.222. The summed E-state index contributed by atoms with van der Waals surface area (Å²) in [5, 5.41) is 19.0. The summed E-state index contributed by atoms with van der Waals surface area (Å²) >= 11 is 0. The molecule has 0 aliphatic carbocycles. The molecule has 2 rings (SSSR count). The summed E-state index contributed by atoms with van der Waals surface area (Å²) in [6, 6.07) is 8.91. The number of nitrogens with zero attached hydrogens (tertiary/aromatic N) is 3. The van der Waals surface area contributed by atoms with Gasteiger partial charge >= 0.3 is 0 Å². The van der Waals surface area contributed by atoms with Crippen LogP contribution in [0.2, 0.25) is 0 Å². The van der Waals surface area contributed by atoms with Gasteiger partial charge in [-0.2, -0.15) is 5.10 Å². The van der Waals surface area contributed by atoms with Crippen LogP contribution >= 0.6 is 0 Å². The van der Waals surface area contributed by atoms with E-state index in [4.69, 9.17) is 5.21 Å². The highest BCUT2D eigenvalue weighted by molar-refractivity contribution is 6.04. The van der Waals surface area contributed by atoms with Crippen molar-refractivity contribution in [1.82, 2.24) is 9.78 Å². The SMILES string of the molecule is CCc1cc(C(=O)Nc2cccc(C(C)=NO)c2)n(C)n1. The van der Waals surface area contributed by atoms with Crippen LogP contribution in [0.25, 0.3) is 0 Å². The van der Waals surface area contributed by atoms with Crippen molar-refractivity contribution in [3.05, 3.63) is 47.3 Å². The van der Waals surface area contributed by atoms with Crippen molar-refractivity contribution in [2.75, 3.05) is 5.32 Å². The molecule has 21 heavy (non-hydrogen) atoms. The van der Waals surface area contributed by atoms with Gasteiger partial charge in [-0.3, -0.25) is 9.48 Å². The van der Waals surface area contributed by atoms with E-state index >= 15 is 0 Å². The Hall–Kier alpha value is -2.63. The Balaban J connectivity index is 2.21. The van der Waals surface area contributed by atoms with Crippen LogP contribution in [-0.4, -0.2) is 26.6 Å². The van der Waals surface area contributed by atoms with E-state index in [0.717, 1.165) is 17.7 Å². The highest BCUT2D eigenvalue weighted by atomic mass is 16.4. The molecule has 110 valence electrons. The van der Waals surface area contributed by atoms with Crippen LogP contribution in [0.1, 0.15) is 35.6 Å². The van der Waals surface area contributed by atoms with Crippen LogP contribution in [0.5, 0.6) is 0 Å². The van der Waals surface area contributed by atoms with E-state index < -0.39 is 0 Å². The average Bonchev–Trinajstić information content (AvgIpc) is 2.88. The molecule has 1 amide bonds. The maximum absolute atomic E-state index is 12.3. The fourth-order valence-electron chi connectivity index (χ4n) is 1.99. The van der Waals surface area contributed by atoms with E-state index in [2.05, 4.69) is 15.6 Å². The number of carbonyl (C=O) groups is 1. The monoisotopic (exact) mass is 286 g/mol. The number of oxime groups is 1. The molecule has 1 aromatic heterocycles. The Morgan fingerprint density at radius 2 is 2.19 bits per heavy atom. The largest absolute Gasteiger partial charge is 0.411 e. The number of amides is 1. The molecule has 0 aliphatic rings. The molecule has 0 atom stereocenters. The molecule has 6 nitrogen and oxygen atoms in total. The van der Waals surface area contributed by atoms with Crippen molar-refractivity contribution >= 4 is 17.3 Å². The molecule has 0 saturated heterocycles. The number of hydrogen-bond acceptors (Lipinski definition) is 4. The van der Waals surface area contributed by atoms with Crippen molar-refractivity contribution in [1.29, 1.82) is 0 Å². The summed E-state index contributed by atoms with van der Waals surface area (Å²) < 4.78 is 1.57. The van der Waals surface area contributed by atoms with E-state index in [1.807, 2.05) is 13.0 Å². The minimum atomic E-state index is -0.222. The quantitative estimate of drug-likeness (QED) is 0.514. The first-order valence-electron chi connectivity index (χ1n) is 6.68. The number of aromatic nitrogens is 2. The third kappa shape index (κ3) is 3.28. The van der Waals surface area contributed by atoms with Gasteiger partial charge in [-0.05, 0) is 31.5 Å². The first-order chi connectivity index (χ1) is 10.0. The minimum Gasteiger partial charge on any atom is -0.411 e. The van der Waals surface area contributed by atoms with E-state index in [-0.39, 0.29) is 5.91 Å². The van der Waals surface area contributed by atoms with Crippen LogP contribution in [0.15, 0.2) is 35.5 Å². The highest BCUT2D eigenvalue weighted by Gasteiger charge is 2.13. The predicted octanol–water partition coefficient (Wildman–Crippen LogP) is 2.43. The molecule has 0 fully saturated rings. The molecule has 0 spiro atoms. The van der Waals surface area contributed by atoms with Crippen LogP contribution in [-0.2, 0) is 13.5 Å². The van der Waals surface area contributed by atoms with Crippen LogP contribution in [0.3, 0.4) is 0 Å². The lowest BCUT2D eigenvalue weighted by Crippen LogP contribution is -2.16. The first-order valence-corrected chi connectivity index (χ1v) is 6.68. The summed E-state index contributed by atoms with van der Waals surface area (Å²) in [4.78, 5) is 12.3.